The fourth-order valence-electron chi connectivity index (χ4n) is 4.26. The summed E-state index contributed by atoms with van der Waals surface area (Å²) in [6.07, 6.45) is 12.0. The second-order valence-electron chi connectivity index (χ2n) is 13.8. The van der Waals surface area contributed by atoms with E-state index < -0.39 is 0 Å². The quantitative estimate of drug-likeness (QED) is 0.189. The molecule has 1 aliphatic heterocycles. The predicted octanol–water partition coefficient (Wildman–Crippen LogP) is 9.53. The summed E-state index contributed by atoms with van der Waals surface area (Å²) >= 11 is 0. The smallest absolute Gasteiger partial charge is 0.127 e. The first-order chi connectivity index (χ1) is 19.7. The molecule has 2 aliphatic rings. The molecule has 0 atom stereocenters. The molecule has 0 bridgehead atoms. The van der Waals surface area contributed by atoms with Crippen LogP contribution in [-0.4, -0.2) is 45.5 Å². The van der Waals surface area contributed by atoms with Gasteiger partial charge in [-0.2, -0.15) is 5.10 Å². The van der Waals surface area contributed by atoms with E-state index in [9.17, 15) is 4.79 Å². The van der Waals surface area contributed by atoms with Crippen LogP contribution >= 0.6 is 0 Å². The molecule has 0 spiro atoms. The normalized spacial score (nSPS) is 16.0. The summed E-state index contributed by atoms with van der Waals surface area (Å²) in [7, 11) is 0. The highest BCUT2D eigenvalue weighted by Crippen LogP contribution is 2.36. The molecule has 2 aromatic rings. The highest BCUT2D eigenvalue weighted by Gasteiger charge is 2.38. The molecule has 2 heterocycles. The Hall–Kier alpha value is -3.01. The third-order valence-corrected chi connectivity index (χ3v) is 7.27. The Morgan fingerprint density at radius 2 is 1.69 bits per heavy atom. The molecule has 230 valence electrons. The molecule has 5 heteroatoms. The van der Waals surface area contributed by atoms with Gasteiger partial charge in [0, 0.05) is 47.7 Å². The lowest BCUT2D eigenvalue weighted by molar-refractivity contribution is 0.0903. The molecule has 42 heavy (non-hydrogen) atoms. The number of aryl methyl sites for hydroxylation is 1. The molecule has 1 saturated carbocycles. The largest absolute Gasteiger partial charge is 0.296 e. The third-order valence-electron chi connectivity index (χ3n) is 7.27. The minimum absolute atomic E-state index is 0.481. The Balaban J connectivity index is 0.000000533. The number of likely N-dealkylation sites (tertiary alicyclic amines) is 1. The first-order valence-corrected chi connectivity index (χ1v) is 15.7. The van der Waals surface area contributed by atoms with Gasteiger partial charge in [-0.05, 0) is 87.6 Å². The van der Waals surface area contributed by atoms with E-state index in [1.165, 1.54) is 19.3 Å². The van der Waals surface area contributed by atoms with Gasteiger partial charge in [-0.15, -0.1) is 0 Å². The van der Waals surface area contributed by atoms with E-state index in [0.29, 0.717) is 17.0 Å². The molecule has 0 radical (unpaired) electrons. The van der Waals surface area contributed by atoms with Crippen LogP contribution in [-0.2, 0) is 4.79 Å². The van der Waals surface area contributed by atoms with Crippen LogP contribution in [0.1, 0.15) is 113 Å². The van der Waals surface area contributed by atoms with Crippen LogP contribution in [0.2, 0.25) is 0 Å². The van der Waals surface area contributed by atoms with E-state index in [2.05, 4.69) is 101 Å². The van der Waals surface area contributed by atoms with E-state index >= 15 is 0 Å². The van der Waals surface area contributed by atoms with Gasteiger partial charge in [0.1, 0.15) is 5.94 Å². The summed E-state index contributed by atoms with van der Waals surface area (Å²) in [6.45, 7) is 27.5. The zero-order valence-electron chi connectivity index (χ0n) is 28.5. The van der Waals surface area contributed by atoms with Crippen molar-refractivity contribution in [3.63, 3.8) is 0 Å². The summed E-state index contributed by atoms with van der Waals surface area (Å²) in [4.78, 5) is 18.4. The van der Waals surface area contributed by atoms with Gasteiger partial charge in [-0.3, -0.25) is 14.6 Å². The summed E-state index contributed by atoms with van der Waals surface area (Å²) < 4.78 is 2.12. The summed E-state index contributed by atoms with van der Waals surface area (Å²) in [5.74, 6) is 2.80. The maximum atomic E-state index is 11.1. The lowest BCUT2D eigenvalue weighted by Crippen LogP contribution is -2.48. The second kappa shape index (κ2) is 16.0. The van der Waals surface area contributed by atoms with Gasteiger partial charge in [0.2, 0.25) is 0 Å². The molecule has 1 aromatic heterocycles. The Morgan fingerprint density at radius 3 is 2.17 bits per heavy atom. The number of nitrogens with zero attached hydrogens (tertiary/aromatic N) is 4. The van der Waals surface area contributed by atoms with Gasteiger partial charge in [0.05, 0.1) is 17.9 Å². The van der Waals surface area contributed by atoms with Crippen molar-refractivity contribution in [2.45, 2.75) is 114 Å². The van der Waals surface area contributed by atoms with Crippen molar-refractivity contribution < 1.29 is 4.79 Å². The fraction of sp³-hybridized carbons (Fsp3) is 0.568. The van der Waals surface area contributed by atoms with Gasteiger partial charge in [0.15, 0.2) is 0 Å². The number of hydrogen-bond donors (Lipinski definition) is 0. The molecule has 0 N–H and O–H groups in total. The first kappa shape index (κ1) is 35.2. The number of hydrogen-bond acceptors (Lipinski definition) is 4. The van der Waals surface area contributed by atoms with E-state index in [1.54, 1.807) is 6.92 Å². The number of benzene rings is 1. The Bertz CT molecular complexity index is 1290. The minimum atomic E-state index is 0.481. The maximum absolute atomic E-state index is 11.1. The van der Waals surface area contributed by atoms with Gasteiger partial charge < -0.3 is 0 Å². The van der Waals surface area contributed by atoms with Crippen LogP contribution in [0.15, 0.2) is 59.0 Å². The second-order valence-corrected chi connectivity index (χ2v) is 13.8. The Labute approximate surface area is 256 Å². The zero-order valence-corrected chi connectivity index (χ0v) is 28.5. The first-order valence-electron chi connectivity index (χ1n) is 15.7. The summed E-state index contributed by atoms with van der Waals surface area (Å²) in [5, 5.41) is 4.67. The fourth-order valence-corrected chi connectivity index (χ4v) is 4.26. The number of rotatable bonds is 7. The van der Waals surface area contributed by atoms with Crippen molar-refractivity contribution in [2.75, 3.05) is 13.1 Å². The van der Waals surface area contributed by atoms with Crippen molar-refractivity contribution in [2.24, 2.45) is 16.3 Å². The summed E-state index contributed by atoms with van der Waals surface area (Å²) in [6, 6.07) is 7.81. The average molecular weight is 573 g/mol. The molecule has 4 rings (SSSR count). The highest BCUT2D eigenvalue weighted by atomic mass is 16.1. The molecule has 1 saturated heterocycles. The van der Waals surface area contributed by atoms with Crippen molar-refractivity contribution in [3.05, 3.63) is 65.1 Å². The van der Waals surface area contributed by atoms with Crippen LogP contribution in [0.3, 0.4) is 0 Å². The molecule has 1 aromatic carbocycles. The van der Waals surface area contributed by atoms with Crippen molar-refractivity contribution >= 4 is 17.2 Å². The van der Waals surface area contributed by atoms with Gasteiger partial charge in [-0.1, -0.05) is 73.1 Å². The molecule has 5 nitrogen and oxygen atoms in total. The molecule has 0 amide bonds. The van der Waals surface area contributed by atoms with Crippen LogP contribution in [0.4, 0.5) is 0 Å². The van der Waals surface area contributed by atoms with E-state index in [1.807, 2.05) is 39.0 Å². The van der Waals surface area contributed by atoms with Gasteiger partial charge in [0.25, 0.3) is 0 Å². The number of aliphatic imine (C=N–C) groups is 1. The van der Waals surface area contributed by atoms with Crippen LogP contribution < -0.4 is 0 Å². The van der Waals surface area contributed by atoms with Crippen LogP contribution in [0.25, 0.3) is 16.7 Å². The van der Waals surface area contributed by atoms with E-state index in [-0.39, 0.29) is 0 Å². The lowest BCUT2D eigenvalue weighted by atomic mass is 9.93. The molecule has 0 unspecified atom stereocenters. The predicted molar refractivity (Wildman–Crippen MR) is 182 cm³/mol. The Kier molecular flexibility index (Phi) is 13.4. The lowest BCUT2D eigenvalue weighted by Gasteiger charge is -2.39. The van der Waals surface area contributed by atoms with Crippen molar-refractivity contribution in [1.82, 2.24) is 14.7 Å². The number of allylic oxidation sites excluding steroid dienone is 4. The topological polar surface area (TPSA) is 50.5 Å². The van der Waals surface area contributed by atoms with E-state index in [4.69, 9.17) is 4.99 Å². The molecular formula is C37H56N4O. The van der Waals surface area contributed by atoms with Crippen LogP contribution in [0, 0.1) is 18.3 Å². The average Bonchev–Trinajstić information content (AvgIpc) is 3.59. The zero-order chi connectivity index (χ0) is 31.6. The Morgan fingerprint density at radius 1 is 1.10 bits per heavy atom. The highest BCUT2D eigenvalue weighted by molar-refractivity contribution is 5.88. The standard InChI is InChI=1S/C27H32N4O.C6H14.C4H10/c1-6-25(27(29-18(2)3)11-19(4)17-32)26-12-21(8-7-20(26)5)22-13-28-31(14-22)24-15-30(16-24)23-9-10-23;1-5-6(2,3)4;1-4(2)3/h6-8,11-14,23-24H,9-10,15-16H2,1-5H3;5H2,1-4H3;4H,1-3H3/b25-6+,27-11-;;. The monoisotopic (exact) mass is 572 g/mol. The summed E-state index contributed by atoms with van der Waals surface area (Å²) in [5.41, 5.74) is 8.31. The van der Waals surface area contributed by atoms with Gasteiger partial charge in [-0.25, -0.2) is 4.79 Å². The minimum Gasteiger partial charge on any atom is -0.296 e. The van der Waals surface area contributed by atoms with Gasteiger partial charge >= 0.3 is 0 Å². The SMILES string of the molecule is C/C=C(/C(=C/C(C)=C=O)N=C(C)C)c1cc(-c2cnn(C3CN(C4CC4)C3)c2)ccc1C.CC(C)C.CCC(C)(C)C. The number of carbonyl (C=O) groups excluding carboxylic acids is 1. The molecular weight excluding hydrogens is 516 g/mol. The van der Waals surface area contributed by atoms with E-state index in [0.717, 1.165) is 64.3 Å². The van der Waals surface area contributed by atoms with Crippen molar-refractivity contribution in [1.29, 1.82) is 0 Å². The third kappa shape index (κ3) is 11.3. The maximum Gasteiger partial charge on any atom is 0.127 e. The molecule has 2 fully saturated rings. The number of aromatic nitrogens is 2. The molecule has 1 aliphatic carbocycles. The van der Waals surface area contributed by atoms with Crippen molar-refractivity contribution in [3.8, 4) is 11.1 Å². The van der Waals surface area contributed by atoms with Crippen LogP contribution in [0.5, 0.6) is 0 Å².